The van der Waals surface area contributed by atoms with Crippen molar-refractivity contribution in [3.8, 4) is 5.75 Å². The van der Waals surface area contributed by atoms with Crippen molar-refractivity contribution in [2.24, 2.45) is 0 Å². The number of carbonyl (C=O) groups is 1. The van der Waals surface area contributed by atoms with Crippen LogP contribution in [0.25, 0.3) is 6.08 Å². The van der Waals surface area contributed by atoms with Crippen molar-refractivity contribution in [2.75, 3.05) is 0 Å². The molecule has 2 aromatic rings. The second-order valence-electron chi connectivity index (χ2n) is 4.70. The second-order valence-corrected chi connectivity index (χ2v) is 5.07. The van der Waals surface area contributed by atoms with Gasteiger partial charge >= 0.3 is 0 Å². The normalized spacial score (nSPS) is 15.5. The third-order valence-corrected chi connectivity index (χ3v) is 3.25. The third-order valence-electron chi connectivity index (χ3n) is 3.07. The van der Waals surface area contributed by atoms with Gasteiger partial charge in [-0.2, -0.15) is 0 Å². The molecular formula is C17H13NO3S. The van der Waals surface area contributed by atoms with Crippen molar-refractivity contribution in [3.05, 3.63) is 71.5 Å². The van der Waals surface area contributed by atoms with E-state index in [9.17, 15) is 4.79 Å². The quantitative estimate of drug-likeness (QED) is 0.696. The number of hydrogen-bond donors (Lipinski definition) is 1. The lowest BCUT2D eigenvalue weighted by atomic mass is 10.2. The number of nitrogens with one attached hydrogen (secondary N) is 1. The summed E-state index contributed by atoms with van der Waals surface area (Å²) >= 11 is 4.78. The Hall–Kier alpha value is -2.66. The maximum Gasteiger partial charge on any atom is 0.294 e. The van der Waals surface area contributed by atoms with Gasteiger partial charge in [-0.15, -0.1) is 0 Å². The summed E-state index contributed by atoms with van der Waals surface area (Å²) in [5.41, 5.74) is 1.94. The highest BCUT2D eigenvalue weighted by Crippen LogP contribution is 2.18. The average molecular weight is 311 g/mol. The van der Waals surface area contributed by atoms with Gasteiger partial charge in [0, 0.05) is 0 Å². The molecule has 1 aliphatic heterocycles. The Morgan fingerprint density at radius 1 is 1.09 bits per heavy atom. The molecule has 0 atom stereocenters. The fourth-order valence-corrected chi connectivity index (χ4v) is 2.16. The predicted octanol–water partition coefficient (Wildman–Crippen LogP) is 3.04. The van der Waals surface area contributed by atoms with E-state index in [-0.39, 0.29) is 16.8 Å². The van der Waals surface area contributed by atoms with Crippen molar-refractivity contribution >= 4 is 29.4 Å². The molecule has 1 N–H and O–H groups in total. The minimum absolute atomic E-state index is 0.0825. The SMILES string of the molecule is O=C1NC(=S)O/C1=C\c1ccc(OCc2ccccc2)cc1. The average Bonchev–Trinajstić information content (AvgIpc) is 2.85. The molecule has 0 saturated carbocycles. The summed E-state index contributed by atoms with van der Waals surface area (Å²) in [4.78, 5) is 11.5. The molecule has 1 saturated heterocycles. The molecule has 0 spiro atoms. The number of hydrogen-bond acceptors (Lipinski definition) is 4. The lowest BCUT2D eigenvalue weighted by Crippen LogP contribution is -2.18. The van der Waals surface area contributed by atoms with Gasteiger partial charge in [0.25, 0.3) is 11.1 Å². The van der Waals surface area contributed by atoms with Gasteiger partial charge in [0.05, 0.1) is 0 Å². The van der Waals surface area contributed by atoms with E-state index in [2.05, 4.69) is 5.32 Å². The molecule has 1 fully saturated rings. The van der Waals surface area contributed by atoms with Crippen LogP contribution in [0.15, 0.2) is 60.4 Å². The zero-order valence-corrected chi connectivity index (χ0v) is 12.4. The number of benzene rings is 2. The molecule has 0 aliphatic carbocycles. The van der Waals surface area contributed by atoms with E-state index in [1.54, 1.807) is 6.08 Å². The molecular weight excluding hydrogens is 298 g/mol. The Bertz CT molecular complexity index is 723. The summed E-state index contributed by atoms with van der Waals surface area (Å²) in [6, 6.07) is 17.3. The fourth-order valence-electron chi connectivity index (χ4n) is 1.97. The fraction of sp³-hybridized carbons (Fsp3) is 0.0588. The standard InChI is InChI=1S/C17H13NO3S/c19-16-15(21-17(22)18-16)10-12-6-8-14(9-7-12)20-11-13-4-2-1-3-5-13/h1-10H,11H2,(H,18,19,22)/b15-10-. The first-order valence-corrected chi connectivity index (χ1v) is 7.13. The van der Waals surface area contributed by atoms with E-state index in [0.717, 1.165) is 16.9 Å². The van der Waals surface area contributed by atoms with Crippen molar-refractivity contribution in [2.45, 2.75) is 6.61 Å². The number of carbonyl (C=O) groups excluding carboxylic acids is 1. The number of rotatable bonds is 4. The van der Waals surface area contributed by atoms with Crippen molar-refractivity contribution in [1.29, 1.82) is 0 Å². The van der Waals surface area contributed by atoms with E-state index in [0.29, 0.717) is 6.61 Å². The van der Waals surface area contributed by atoms with Crippen molar-refractivity contribution in [1.82, 2.24) is 5.32 Å². The van der Waals surface area contributed by atoms with Gasteiger partial charge in [-0.05, 0) is 41.6 Å². The van der Waals surface area contributed by atoms with Gasteiger partial charge in [-0.3, -0.25) is 10.1 Å². The first kappa shape index (κ1) is 14.3. The molecule has 1 heterocycles. The van der Waals surface area contributed by atoms with Crippen LogP contribution in [0.3, 0.4) is 0 Å². The van der Waals surface area contributed by atoms with Gasteiger partial charge in [-0.25, -0.2) is 0 Å². The topological polar surface area (TPSA) is 47.6 Å². The van der Waals surface area contributed by atoms with E-state index in [1.165, 1.54) is 0 Å². The Labute approximate surface area is 133 Å². The zero-order chi connectivity index (χ0) is 15.4. The summed E-state index contributed by atoms with van der Waals surface area (Å²) < 4.78 is 10.8. The van der Waals surface area contributed by atoms with E-state index >= 15 is 0 Å². The number of amides is 1. The van der Waals surface area contributed by atoms with Crippen molar-refractivity contribution < 1.29 is 14.3 Å². The minimum Gasteiger partial charge on any atom is -0.489 e. The Balaban J connectivity index is 1.64. The van der Waals surface area contributed by atoms with Crippen LogP contribution in [-0.4, -0.2) is 11.1 Å². The predicted molar refractivity (Wildman–Crippen MR) is 87.0 cm³/mol. The van der Waals surface area contributed by atoms with E-state index < -0.39 is 0 Å². The maximum absolute atomic E-state index is 11.5. The monoisotopic (exact) mass is 311 g/mol. The van der Waals surface area contributed by atoms with Gasteiger partial charge in [0.1, 0.15) is 12.4 Å². The van der Waals surface area contributed by atoms with Crippen LogP contribution in [0.2, 0.25) is 0 Å². The van der Waals surface area contributed by atoms with Gasteiger partial charge in [0.15, 0.2) is 5.76 Å². The molecule has 5 heteroatoms. The number of thiocarbonyl (C=S) groups is 1. The summed E-state index contributed by atoms with van der Waals surface area (Å²) in [6.45, 7) is 0.515. The largest absolute Gasteiger partial charge is 0.489 e. The molecule has 4 nitrogen and oxygen atoms in total. The molecule has 22 heavy (non-hydrogen) atoms. The van der Waals surface area contributed by atoms with E-state index in [1.807, 2.05) is 54.6 Å². The first-order valence-electron chi connectivity index (χ1n) is 6.72. The highest BCUT2D eigenvalue weighted by atomic mass is 32.1. The molecule has 1 aliphatic rings. The van der Waals surface area contributed by atoms with Gasteiger partial charge in [-0.1, -0.05) is 42.5 Å². The molecule has 0 unspecified atom stereocenters. The number of ether oxygens (including phenoxy) is 2. The highest BCUT2D eigenvalue weighted by Gasteiger charge is 2.22. The maximum atomic E-state index is 11.5. The van der Waals surface area contributed by atoms with Gasteiger partial charge in [0.2, 0.25) is 0 Å². The molecule has 3 rings (SSSR count). The molecule has 0 radical (unpaired) electrons. The highest BCUT2D eigenvalue weighted by molar-refractivity contribution is 7.80. The lowest BCUT2D eigenvalue weighted by Gasteiger charge is -2.06. The third kappa shape index (κ3) is 3.51. The molecule has 1 amide bonds. The van der Waals surface area contributed by atoms with Crippen LogP contribution in [-0.2, 0) is 16.1 Å². The first-order chi connectivity index (χ1) is 10.7. The van der Waals surface area contributed by atoms with E-state index in [4.69, 9.17) is 21.7 Å². The summed E-state index contributed by atoms with van der Waals surface area (Å²) in [7, 11) is 0. The summed E-state index contributed by atoms with van der Waals surface area (Å²) in [5, 5.41) is 2.50. The molecule has 0 bridgehead atoms. The van der Waals surface area contributed by atoms with Crippen LogP contribution in [0.4, 0.5) is 0 Å². The Morgan fingerprint density at radius 2 is 1.82 bits per heavy atom. The zero-order valence-electron chi connectivity index (χ0n) is 11.6. The minimum atomic E-state index is -0.325. The van der Waals surface area contributed by atoms with Crippen LogP contribution in [0.5, 0.6) is 5.75 Å². The smallest absolute Gasteiger partial charge is 0.294 e. The summed E-state index contributed by atoms with van der Waals surface area (Å²) in [5.74, 6) is 0.635. The van der Waals surface area contributed by atoms with Crippen LogP contribution < -0.4 is 10.1 Å². The Morgan fingerprint density at radius 3 is 2.45 bits per heavy atom. The lowest BCUT2D eigenvalue weighted by molar-refractivity contribution is -0.116. The Kier molecular flexibility index (Phi) is 4.16. The van der Waals surface area contributed by atoms with Crippen molar-refractivity contribution in [3.63, 3.8) is 0 Å². The van der Waals surface area contributed by atoms with Crippen LogP contribution >= 0.6 is 12.2 Å². The van der Waals surface area contributed by atoms with Crippen LogP contribution in [0, 0.1) is 0 Å². The molecule has 2 aromatic carbocycles. The summed E-state index contributed by atoms with van der Waals surface area (Å²) in [6.07, 6.45) is 1.63. The van der Waals surface area contributed by atoms with Crippen LogP contribution in [0.1, 0.15) is 11.1 Å². The second kappa shape index (κ2) is 6.41. The molecule has 110 valence electrons. The van der Waals surface area contributed by atoms with Gasteiger partial charge < -0.3 is 9.47 Å². The molecule has 0 aromatic heterocycles.